The molecule has 184 valence electrons. The fourth-order valence-electron chi connectivity index (χ4n) is 4.01. The molecule has 1 aromatic carbocycles. The van der Waals surface area contributed by atoms with Gasteiger partial charge < -0.3 is 19.0 Å². The summed E-state index contributed by atoms with van der Waals surface area (Å²) < 4.78 is 16.4. The number of hydrogen-bond acceptors (Lipinski definition) is 7. The van der Waals surface area contributed by atoms with Gasteiger partial charge in [-0.2, -0.15) is 0 Å². The number of amides is 2. The first kappa shape index (κ1) is 25.6. The number of carbonyl (C=O) groups excluding carboxylic acids is 3. The van der Waals surface area contributed by atoms with Crippen molar-refractivity contribution < 1.29 is 33.4 Å². The number of ether oxygens (including phenoxy) is 2. The van der Waals surface area contributed by atoms with Crippen LogP contribution in [0.2, 0.25) is 0 Å². The van der Waals surface area contributed by atoms with E-state index in [1.54, 1.807) is 6.07 Å². The molecule has 2 unspecified atom stereocenters. The van der Waals surface area contributed by atoms with Crippen LogP contribution in [0.4, 0.5) is 4.79 Å². The number of rotatable bonds is 11. The molecular weight excluding hydrogens is 438 g/mol. The summed E-state index contributed by atoms with van der Waals surface area (Å²) in [7, 11) is 0. The fourth-order valence-corrected chi connectivity index (χ4v) is 4.01. The molecule has 1 fully saturated rings. The van der Waals surface area contributed by atoms with Crippen molar-refractivity contribution in [2.75, 3.05) is 26.4 Å². The first-order valence-corrected chi connectivity index (χ1v) is 11.7. The van der Waals surface area contributed by atoms with E-state index in [4.69, 9.17) is 19.0 Å². The highest BCUT2D eigenvalue weighted by Crippen LogP contribution is 2.31. The molecule has 1 N–H and O–H groups in total. The number of ketones is 1. The zero-order chi connectivity index (χ0) is 24.8. The zero-order valence-corrected chi connectivity index (χ0v) is 20.2. The molecule has 1 aliphatic rings. The lowest BCUT2D eigenvalue weighted by Gasteiger charge is -2.24. The molecule has 0 saturated carbocycles. The van der Waals surface area contributed by atoms with E-state index in [2.05, 4.69) is 0 Å². The number of aliphatic hydroxyl groups is 1. The maximum absolute atomic E-state index is 13.3. The van der Waals surface area contributed by atoms with E-state index in [0.29, 0.717) is 25.2 Å². The smallest absolute Gasteiger partial charge is 0.417 e. The minimum atomic E-state index is -1.09. The third kappa shape index (κ3) is 5.74. The van der Waals surface area contributed by atoms with Crippen molar-refractivity contribution in [1.29, 1.82) is 0 Å². The second-order valence-electron chi connectivity index (χ2n) is 8.94. The molecule has 0 radical (unpaired) electrons. The number of nitrogens with zero attached hydrogens (tertiary/aromatic N) is 1. The topological polar surface area (TPSA) is 106 Å². The Morgan fingerprint density at radius 3 is 2.65 bits per heavy atom. The maximum atomic E-state index is 13.3. The zero-order valence-electron chi connectivity index (χ0n) is 20.2. The Morgan fingerprint density at radius 2 is 1.97 bits per heavy atom. The first-order chi connectivity index (χ1) is 16.2. The molecule has 1 aliphatic heterocycles. The van der Waals surface area contributed by atoms with Crippen molar-refractivity contribution in [1.82, 2.24) is 4.90 Å². The van der Waals surface area contributed by atoms with Crippen LogP contribution in [-0.2, 0) is 20.7 Å². The number of furan rings is 1. The predicted molar refractivity (Wildman–Crippen MR) is 125 cm³/mol. The third-order valence-electron chi connectivity index (χ3n) is 5.99. The summed E-state index contributed by atoms with van der Waals surface area (Å²) in [6, 6.07) is 9.15. The quantitative estimate of drug-likeness (QED) is 0.300. The largest absolute Gasteiger partial charge is 0.457 e. The van der Waals surface area contributed by atoms with Crippen LogP contribution in [0.1, 0.15) is 49.1 Å². The van der Waals surface area contributed by atoms with Crippen molar-refractivity contribution in [3.63, 3.8) is 0 Å². The number of carbonyl (C=O) groups is 3. The summed E-state index contributed by atoms with van der Waals surface area (Å²) in [5.41, 5.74) is 2.77. The lowest BCUT2D eigenvalue weighted by atomic mass is 9.98. The van der Waals surface area contributed by atoms with E-state index in [1.807, 2.05) is 45.0 Å². The molecule has 2 atom stereocenters. The predicted octanol–water partition coefficient (Wildman–Crippen LogP) is 4.02. The van der Waals surface area contributed by atoms with Gasteiger partial charge in [0.15, 0.2) is 5.76 Å². The molecule has 1 saturated heterocycles. The molecular formula is C26H33NO7. The molecule has 2 heterocycles. The van der Waals surface area contributed by atoms with Crippen molar-refractivity contribution in [3.05, 3.63) is 47.4 Å². The highest BCUT2D eigenvalue weighted by molar-refractivity contribution is 6.12. The van der Waals surface area contributed by atoms with Crippen LogP contribution in [0.5, 0.6) is 0 Å². The van der Waals surface area contributed by atoms with Crippen LogP contribution in [0, 0.1) is 18.8 Å². The van der Waals surface area contributed by atoms with E-state index >= 15 is 0 Å². The van der Waals surface area contributed by atoms with E-state index in [9.17, 15) is 14.4 Å². The number of imide groups is 1. The molecule has 34 heavy (non-hydrogen) atoms. The van der Waals surface area contributed by atoms with Crippen LogP contribution in [-0.4, -0.2) is 60.3 Å². The van der Waals surface area contributed by atoms with Gasteiger partial charge in [0.25, 0.3) is 0 Å². The molecule has 1 aromatic heterocycles. The van der Waals surface area contributed by atoms with Crippen molar-refractivity contribution in [2.45, 2.75) is 46.6 Å². The van der Waals surface area contributed by atoms with E-state index < -0.39 is 29.7 Å². The maximum Gasteiger partial charge on any atom is 0.417 e. The van der Waals surface area contributed by atoms with Gasteiger partial charge in [-0.05, 0) is 37.8 Å². The van der Waals surface area contributed by atoms with Gasteiger partial charge >= 0.3 is 6.09 Å². The van der Waals surface area contributed by atoms with Crippen molar-refractivity contribution in [3.8, 4) is 11.1 Å². The fraction of sp³-hybridized carbons (Fsp3) is 0.500. The summed E-state index contributed by atoms with van der Waals surface area (Å²) in [4.78, 5) is 39.6. The van der Waals surface area contributed by atoms with Gasteiger partial charge in [0, 0.05) is 18.6 Å². The number of aliphatic hydroxyl groups excluding tert-OH is 1. The van der Waals surface area contributed by atoms with Crippen molar-refractivity contribution in [2.24, 2.45) is 11.8 Å². The van der Waals surface area contributed by atoms with Gasteiger partial charge in [-0.15, -0.1) is 0 Å². The lowest BCUT2D eigenvalue weighted by molar-refractivity contribution is -0.132. The molecule has 8 heteroatoms. The number of benzene rings is 1. The summed E-state index contributed by atoms with van der Waals surface area (Å²) in [6.07, 6.45) is 0.453. The van der Waals surface area contributed by atoms with Crippen LogP contribution >= 0.6 is 0 Å². The molecule has 0 aliphatic carbocycles. The second kappa shape index (κ2) is 11.4. The summed E-state index contributed by atoms with van der Waals surface area (Å²) in [5.74, 6) is -1.44. The Balaban J connectivity index is 1.84. The summed E-state index contributed by atoms with van der Waals surface area (Å²) in [5, 5.41) is 8.86. The highest BCUT2D eigenvalue weighted by Gasteiger charge is 2.43. The van der Waals surface area contributed by atoms with Gasteiger partial charge in [0.05, 0.1) is 19.3 Å². The SMILES string of the molecule is Cc1cccc(-c2cc(C(=O)C(C)C(=O)N3C(=O)OCC3C(C)C)oc2CCCOCCO)c1. The first-order valence-electron chi connectivity index (χ1n) is 11.7. The van der Waals surface area contributed by atoms with Crippen molar-refractivity contribution >= 4 is 17.8 Å². The Labute approximate surface area is 199 Å². The molecule has 3 rings (SSSR count). The normalized spacial score (nSPS) is 16.7. The Bertz CT molecular complexity index is 1030. The average Bonchev–Trinajstić information content (AvgIpc) is 3.41. The van der Waals surface area contributed by atoms with E-state index in [-0.39, 0.29) is 31.5 Å². The number of hydrogen-bond donors (Lipinski definition) is 1. The molecule has 2 aromatic rings. The van der Waals surface area contributed by atoms with Gasteiger partial charge in [0.1, 0.15) is 18.3 Å². The highest BCUT2D eigenvalue weighted by atomic mass is 16.6. The Morgan fingerprint density at radius 1 is 1.21 bits per heavy atom. The number of aryl methyl sites for hydroxylation is 2. The minimum Gasteiger partial charge on any atom is -0.457 e. The molecule has 8 nitrogen and oxygen atoms in total. The molecule has 0 spiro atoms. The number of cyclic esters (lactones) is 1. The molecule has 2 amide bonds. The summed E-state index contributed by atoms with van der Waals surface area (Å²) in [6.45, 7) is 8.08. The van der Waals surface area contributed by atoms with Crippen LogP contribution in [0.25, 0.3) is 11.1 Å². The number of Topliss-reactive ketones (excluding diaryl/α,β-unsaturated/α-hetero) is 1. The second-order valence-corrected chi connectivity index (χ2v) is 8.94. The van der Waals surface area contributed by atoms with Gasteiger partial charge in [-0.3, -0.25) is 9.59 Å². The Kier molecular flexibility index (Phi) is 8.63. The van der Waals surface area contributed by atoms with E-state index in [1.165, 1.54) is 6.92 Å². The third-order valence-corrected chi connectivity index (χ3v) is 5.99. The lowest BCUT2D eigenvalue weighted by Crippen LogP contribution is -2.45. The van der Waals surface area contributed by atoms with Gasteiger partial charge in [0.2, 0.25) is 11.7 Å². The van der Waals surface area contributed by atoms with Crippen LogP contribution < -0.4 is 0 Å². The standard InChI is InChI=1S/C26H33NO7/c1-16(2)21-15-33-26(31)27(21)25(30)18(4)24(29)23-14-20(19-8-5-7-17(3)13-19)22(34-23)9-6-11-32-12-10-28/h5,7-8,13-14,16,18,21,28H,6,9-12,15H2,1-4H3. The van der Waals surface area contributed by atoms with Crippen LogP contribution in [0.15, 0.2) is 34.7 Å². The average molecular weight is 472 g/mol. The molecule has 0 bridgehead atoms. The van der Waals surface area contributed by atoms with Gasteiger partial charge in [-0.1, -0.05) is 43.7 Å². The van der Waals surface area contributed by atoms with Gasteiger partial charge in [-0.25, -0.2) is 9.69 Å². The monoisotopic (exact) mass is 471 g/mol. The summed E-state index contributed by atoms with van der Waals surface area (Å²) >= 11 is 0. The van der Waals surface area contributed by atoms with Crippen LogP contribution in [0.3, 0.4) is 0 Å². The van der Waals surface area contributed by atoms with E-state index in [0.717, 1.165) is 21.6 Å². The minimum absolute atomic E-state index is 0.00823. The Hall–Kier alpha value is -2.97.